The van der Waals surface area contributed by atoms with E-state index in [9.17, 15) is 0 Å². The van der Waals surface area contributed by atoms with E-state index in [1.807, 2.05) is 0 Å². The fraction of sp³-hybridized carbons (Fsp3) is 1.00. The maximum absolute atomic E-state index is 3.57. The molecule has 3 heteroatoms. The predicted octanol–water partition coefficient (Wildman–Crippen LogP) is -0.748. The molecule has 2 aliphatic heterocycles. The molecule has 2 atom stereocenters. The van der Waals surface area contributed by atoms with Gasteiger partial charge in [-0.25, -0.2) is 0 Å². The van der Waals surface area contributed by atoms with Gasteiger partial charge in [-0.1, -0.05) is 0 Å². The number of hydrogen-bond donors (Lipinski definition) is 2. The summed E-state index contributed by atoms with van der Waals surface area (Å²) in [5, 5.41) is 7.00. The zero-order valence-corrected chi connectivity index (χ0v) is 7.14. The Bertz CT molecular complexity index is 135. The Hall–Kier alpha value is -0.120. The first-order valence-electron chi connectivity index (χ1n) is 4.52. The molecule has 0 bridgehead atoms. The van der Waals surface area contributed by atoms with Crippen molar-refractivity contribution in [3.63, 3.8) is 0 Å². The second-order valence-electron chi connectivity index (χ2n) is 3.60. The molecule has 0 aromatic heterocycles. The summed E-state index contributed by atoms with van der Waals surface area (Å²) in [6.07, 6.45) is 1.29. The van der Waals surface area contributed by atoms with Crippen molar-refractivity contribution in [1.82, 2.24) is 15.5 Å². The van der Waals surface area contributed by atoms with Gasteiger partial charge in [0.25, 0.3) is 0 Å². The van der Waals surface area contributed by atoms with E-state index in [2.05, 4.69) is 22.6 Å². The van der Waals surface area contributed by atoms with E-state index in [1.54, 1.807) is 0 Å². The highest BCUT2D eigenvalue weighted by Gasteiger charge is 2.30. The number of hydrogen-bond acceptors (Lipinski definition) is 3. The maximum atomic E-state index is 3.57. The van der Waals surface area contributed by atoms with Gasteiger partial charge in [-0.2, -0.15) is 0 Å². The molecule has 2 unspecified atom stereocenters. The Morgan fingerprint density at radius 2 is 2.27 bits per heavy atom. The van der Waals surface area contributed by atoms with Crippen molar-refractivity contribution >= 4 is 0 Å². The van der Waals surface area contributed by atoms with Crippen molar-refractivity contribution in [1.29, 1.82) is 0 Å². The van der Waals surface area contributed by atoms with Crippen LogP contribution in [0.2, 0.25) is 0 Å². The molecule has 2 N–H and O–H groups in total. The molecule has 0 saturated carbocycles. The van der Waals surface area contributed by atoms with Gasteiger partial charge in [0, 0.05) is 31.7 Å². The third kappa shape index (κ3) is 1.41. The Morgan fingerprint density at radius 1 is 1.36 bits per heavy atom. The summed E-state index contributed by atoms with van der Waals surface area (Å²) >= 11 is 0. The number of likely N-dealkylation sites (N-methyl/N-ethyl adjacent to an activating group) is 1. The molecule has 2 fully saturated rings. The van der Waals surface area contributed by atoms with Crippen LogP contribution in [0.4, 0.5) is 0 Å². The van der Waals surface area contributed by atoms with Gasteiger partial charge in [0.15, 0.2) is 0 Å². The van der Waals surface area contributed by atoms with E-state index in [0.29, 0.717) is 0 Å². The van der Waals surface area contributed by atoms with Gasteiger partial charge in [-0.15, -0.1) is 0 Å². The van der Waals surface area contributed by atoms with Crippen LogP contribution in [0, 0.1) is 0 Å². The summed E-state index contributed by atoms with van der Waals surface area (Å²) in [5.74, 6) is 0. The Labute approximate surface area is 68.1 Å². The topological polar surface area (TPSA) is 27.3 Å². The lowest BCUT2D eigenvalue weighted by molar-refractivity contribution is 0.124. The molecule has 11 heavy (non-hydrogen) atoms. The van der Waals surface area contributed by atoms with Crippen molar-refractivity contribution < 1.29 is 0 Å². The third-order valence-electron chi connectivity index (χ3n) is 2.89. The maximum Gasteiger partial charge on any atom is 0.0372 e. The number of piperidine rings is 1. The number of nitrogens with zero attached hydrogens (tertiary/aromatic N) is 1. The van der Waals surface area contributed by atoms with Gasteiger partial charge in [0.1, 0.15) is 0 Å². The lowest BCUT2D eigenvalue weighted by Crippen LogP contribution is -2.62. The van der Waals surface area contributed by atoms with E-state index in [1.165, 1.54) is 19.5 Å². The Balaban J connectivity index is 1.99. The molecule has 0 spiro atoms. The van der Waals surface area contributed by atoms with Crippen LogP contribution in [0.15, 0.2) is 0 Å². The molecule has 0 radical (unpaired) electrons. The molecule has 2 saturated heterocycles. The van der Waals surface area contributed by atoms with Crippen molar-refractivity contribution in [2.75, 3.05) is 33.2 Å². The Morgan fingerprint density at radius 3 is 3.09 bits per heavy atom. The van der Waals surface area contributed by atoms with E-state index >= 15 is 0 Å². The molecule has 0 aromatic rings. The minimum absolute atomic E-state index is 0.734. The van der Waals surface area contributed by atoms with E-state index in [4.69, 9.17) is 0 Å². The summed E-state index contributed by atoms with van der Waals surface area (Å²) < 4.78 is 0. The number of nitrogens with one attached hydrogen (secondary N) is 2. The molecule has 0 aromatic carbocycles. The Kier molecular flexibility index (Phi) is 2.11. The first kappa shape index (κ1) is 7.53. The van der Waals surface area contributed by atoms with Gasteiger partial charge in [0.05, 0.1) is 0 Å². The molecule has 2 heterocycles. The van der Waals surface area contributed by atoms with Crippen molar-refractivity contribution in [2.24, 2.45) is 0 Å². The summed E-state index contributed by atoms with van der Waals surface area (Å²) in [6.45, 7) is 4.71. The third-order valence-corrected chi connectivity index (χ3v) is 2.89. The second-order valence-corrected chi connectivity index (χ2v) is 3.60. The molecule has 0 amide bonds. The molecule has 2 aliphatic rings. The van der Waals surface area contributed by atoms with Gasteiger partial charge in [-0.3, -0.25) is 4.90 Å². The fourth-order valence-electron chi connectivity index (χ4n) is 2.14. The van der Waals surface area contributed by atoms with E-state index in [-0.39, 0.29) is 0 Å². The number of rotatable bonds is 0. The van der Waals surface area contributed by atoms with Crippen LogP contribution < -0.4 is 10.6 Å². The zero-order chi connectivity index (χ0) is 7.68. The van der Waals surface area contributed by atoms with Crippen LogP contribution in [0.5, 0.6) is 0 Å². The van der Waals surface area contributed by atoms with Gasteiger partial charge in [0.2, 0.25) is 0 Å². The van der Waals surface area contributed by atoms with Crippen LogP contribution in [0.25, 0.3) is 0 Å². The van der Waals surface area contributed by atoms with Crippen molar-refractivity contribution in [3.05, 3.63) is 0 Å². The lowest BCUT2D eigenvalue weighted by atomic mass is 9.97. The van der Waals surface area contributed by atoms with Crippen LogP contribution in [-0.4, -0.2) is 50.2 Å². The zero-order valence-electron chi connectivity index (χ0n) is 7.14. The SMILES string of the molecule is CN1CCNC2CCNCC21. The van der Waals surface area contributed by atoms with Crippen molar-refractivity contribution in [3.8, 4) is 0 Å². The van der Waals surface area contributed by atoms with Gasteiger partial charge >= 0.3 is 0 Å². The van der Waals surface area contributed by atoms with Crippen molar-refractivity contribution in [2.45, 2.75) is 18.5 Å². The smallest absolute Gasteiger partial charge is 0.0372 e. The van der Waals surface area contributed by atoms with E-state index in [0.717, 1.165) is 25.2 Å². The van der Waals surface area contributed by atoms with Crippen LogP contribution in [0.3, 0.4) is 0 Å². The largest absolute Gasteiger partial charge is 0.315 e. The quantitative estimate of drug-likeness (QED) is 0.482. The standard InChI is InChI=1S/C8H17N3/c1-11-5-4-10-7-2-3-9-6-8(7)11/h7-10H,2-6H2,1H3. The van der Waals surface area contributed by atoms with Gasteiger partial charge in [-0.05, 0) is 20.0 Å². The molecule has 0 aliphatic carbocycles. The van der Waals surface area contributed by atoms with Crippen LogP contribution in [-0.2, 0) is 0 Å². The highest BCUT2D eigenvalue weighted by molar-refractivity contribution is 4.92. The minimum Gasteiger partial charge on any atom is -0.315 e. The number of piperazine rings is 1. The molecular formula is C8H17N3. The predicted molar refractivity (Wildman–Crippen MR) is 45.7 cm³/mol. The normalized spacial score (nSPS) is 40.1. The summed E-state index contributed by atoms with van der Waals surface area (Å²) in [6, 6.07) is 1.48. The molecule has 64 valence electrons. The molecule has 2 rings (SSSR count). The minimum atomic E-state index is 0.734. The van der Waals surface area contributed by atoms with Gasteiger partial charge < -0.3 is 10.6 Å². The molecule has 3 nitrogen and oxygen atoms in total. The molecular weight excluding hydrogens is 138 g/mol. The highest BCUT2D eigenvalue weighted by Crippen LogP contribution is 2.12. The number of fused-ring (bicyclic) bond motifs is 1. The van der Waals surface area contributed by atoms with Crippen LogP contribution >= 0.6 is 0 Å². The van der Waals surface area contributed by atoms with E-state index < -0.39 is 0 Å². The van der Waals surface area contributed by atoms with Crippen LogP contribution in [0.1, 0.15) is 6.42 Å². The fourth-order valence-corrected chi connectivity index (χ4v) is 2.14. The summed E-state index contributed by atoms with van der Waals surface area (Å²) in [4.78, 5) is 2.47. The average Bonchev–Trinajstić information content (AvgIpc) is 2.06. The average molecular weight is 155 g/mol. The summed E-state index contributed by atoms with van der Waals surface area (Å²) in [7, 11) is 2.23. The second kappa shape index (κ2) is 3.09. The monoisotopic (exact) mass is 155 g/mol. The lowest BCUT2D eigenvalue weighted by Gasteiger charge is -2.43. The first-order valence-corrected chi connectivity index (χ1v) is 4.52. The summed E-state index contributed by atoms with van der Waals surface area (Å²) in [5.41, 5.74) is 0. The first-order chi connectivity index (χ1) is 5.38. The highest BCUT2D eigenvalue weighted by atomic mass is 15.2.